The lowest BCUT2D eigenvalue weighted by atomic mass is 10.2. The smallest absolute Gasteiger partial charge is 0.262 e. The van der Waals surface area contributed by atoms with Crippen LogP contribution in [0.5, 0.6) is 11.6 Å². The molecule has 4 rings (SSSR count). The number of carbonyl (C=O) groups excluding carboxylic acids is 1. The van der Waals surface area contributed by atoms with Crippen molar-refractivity contribution < 1.29 is 9.53 Å². The molecule has 0 bridgehead atoms. The van der Waals surface area contributed by atoms with Gasteiger partial charge in [0.15, 0.2) is 0 Å². The van der Waals surface area contributed by atoms with Crippen molar-refractivity contribution in [2.45, 2.75) is 6.54 Å². The third kappa shape index (κ3) is 4.44. The molecule has 2 aromatic carbocycles. The van der Waals surface area contributed by atoms with E-state index in [0.29, 0.717) is 28.7 Å². The normalized spacial score (nSPS) is 10.5. The summed E-state index contributed by atoms with van der Waals surface area (Å²) in [5.74, 6) is 1.03. The first-order valence-corrected chi connectivity index (χ1v) is 9.33. The average Bonchev–Trinajstić information content (AvgIpc) is 3.17. The molecule has 2 aromatic heterocycles. The Morgan fingerprint density at radius 3 is 2.59 bits per heavy atom. The molecule has 1 N–H and O–H groups in total. The maximum Gasteiger partial charge on any atom is 0.262 e. The van der Waals surface area contributed by atoms with Crippen LogP contribution in [0, 0.1) is 0 Å². The summed E-state index contributed by atoms with van der Waals surface area (Å²) in [4.78, 5) is 17.1. The van der Waals surface area contributed by atoms with Crippen molar-refractivity contribution in [2.24, 2.45) is 0 Å². The third-order valence-electron chi connectivity index (χ3n) is 4.21. The molecule has 0 saturated carbocycles. The van der Waals surface area contributed by atoms with Crippen molar-refractivity contribution in [1.29, 1.82) is 0 Å². The Hall–Kier alpha value is -3.64. The summed E-state index contributed by atoms with van der Waals surface area (Å²) >= 11 is 6.24. The minimum absolute atomic E-state index is 0.230. The van der Waals surface area contributed by atoms with Crippen LogP contribution in [0.4, 0.5) is 5.82 Å². The van der Waals surface area contributed by atoms with Crippen LogP contribution < -0.4 is 10.1 Å². The van der Waals surface area contributed by atoms with Gasteiger partial charge in [-0.3, -0.25) is 4.79 Å². The zero-order valence-corrected chi connectivity index (χ0v) is 16.1. The molecule has 0 unspecified atom stereocenters. The van der Waals surface area contributed by atoms with Crippen LogP contribution in [-0.2, 0) is 6.54 Å². The number of nitrogens with zero attached hydrogens (tertiary/aromatic N) is 3. The van der Waals surface area contributed by atoms with E-state index in [1.54, 1.807) is 47.4 Å². The number of para-hydroxylation sites is 1. The van der Waals surface area contributed by atoms with E-state index >= 15 is 0 Å². The Bertz CT molecular complexity index is 1130. The van der Waals surface area contributed by atoms with Gasteiger partial charge in [0.25, 0.3) is 5.91 Å². The van der Waals surface area contributed by atoms with Crippen LogP contribution >= 0.6 is 11.6 Å². The van der Waals surface area contributed by atoms with Gasteiger partial charge < -0.3 is 10.1 Å². The summed E-state index contributed by atoms with van der Waals surface area (Å²) in [6.07, 6.45) is 3.20. The van der Waals surface area contributed by atoms with Gasteiger partial charge >= 0.3 is 0 Å². The predicted octanol–water partition coefficient (Wildman–Crippen LogP) is 5.02. The molecular weight excluding hydrogens is 388 g/mol. The minimum Gasteiger partial charge on any atom is -0.438 e. The first-order chi connectivity index (χ1) is 14.2. The number of pyridine rings is 1. The lowest BCUT2D eigenvalue weighted by Crippen LogP contribution is -2.17. The summed E-state index contributed by atoms with van der Waals surface area (Å²) < 4.78 is 7.45. The van der Waals surface area contributed by atoms with Crippen molar-refractivity contribution in [3.8, 4) is 11.6 Å². The van der Waals surface area contributed by atoms with Gasteiger partial charge in [0.2, 0.25) is 5.88 Å². The van der Waals surface area contributed by atoms with Crippen LogP contribution in [-0.4, -0.2) is 20.7 Å². The summed E-state index contributed by atoms with van der Waals surface area (Å²) in [6, 6.07) is 21.8. The Labute approximate surface area is 172 Å². The number of hydrogen-bond acceptors (Lipinski definition) is 4. The number of nitrogens with one attached hydrogen (secondary N) is 1. The number of ether oxygens (including phenoxy) is 1. The molecular formula is C22H17ClN4O2. The quantitative estimate of drug-likeness (QED) is 0.489. The van der Waals surface area contributed by atoms with Crippen molar-refractivity contribution in [3.05, 3.63) is 101 Å². The zero-order valence-electron chi connectivity index (χ0n) is 15.3. The topological polar surface area (TPSA) is 69.0 Å². The van der Waals surface area contributed by atoms with E-state index < -0.39 is 0 Å². The van der Waals surface area contributed by atoms with Gasteiger partial charge in [-0.25, -0.2) is 9.67 Å². The highest BCUT2D eigenvalue weighted by Crippen LogP contribution is 2.24. The maximum atomic E-state index is 12.9. The summed E-state index contributed by atoms with van der Waals surface area (Å²) in [6.45, 7) is 0.433. The van der Waals surface area contributed by atoms with Gasteiger partial charge in [0.1, 0.15) is 17.1 Å². The highest BCUT2D eigenvalue weighted by molar-refractivity contribution is 6.31. The first kappa shape index (κ1) is 18.7. The van der Waals surface area contributed by atoms with E-state index in [4.69, 9.17) is 16.3 Å². The van der Waals surface area contributed by atoms with Gasteiger partial charge in [-0.05, 0) is 35.9 Å². The van der Waals surface area contributed by atoms with Gasteiger partial charge in [0.05, 0.1) is 12.7 Å². The van der Waals surface area contributed by atoms with E-state index in [1.807, 2.05) is 42.5 Å². The standard InChI is InChI=1S/C22H17ClN4O2/c23-19-11-5-4-7-16(19)15-27-20(12-14-25-27)26-21(28)18-10-6-13-24-22(18)29-17-8-2-1-3-9-17/h1-14H,15H2,(H,26,28). The van der Waals surface area contributed by atoms with Crippen LogP contribution in [0.25, 0.3) is 0 Å². The number of anilines is 1. The Kier molecular flexibility index (Phi) is 5.54. The predicted molar refractivity (Wildman–Crippen MR) is 111 cm³/mol. The van der Waals surface area contributed by atoms with E-state index in [9.17, 15) is 4.79 Å². The van der Waals surface area contributed by atoms with E-state index in [1.165, 1.54) is 0 Å². The Morgan fingerprint density at radius 2 is 1.76 bits per heavy atom. The lowest BCUT2D eigenvalue weighted by molar-refractivity contribution is 0.102. The third-order valence-corrected chi connectivity index (χ3v) is 4.58. The summed E-state index contributed by atoms with van der Waals surface area (Å²) in [7, 11) is 0. The molecule has 144 valence electrons. The molecule has 2 heterocycles. The molecule has 1 amide bonds. The van der Waals surface area contributed by atoms with E-state index in [0.717, 1.165) is 5.56 Å². The Balaban J connectivity index is 1.54. The molecule has 0 spiro atoms. The van der Waals surface area contributed by atoms with E-state index in [-0.39, 0.29) is 11.8 Å². The molecule has 0 radical (unpaired) electrons. The molecule has 4 aromatic rings. The second-order valence-corrected chi connectivity index (χ2v) is 6.60. The molecule has 0 aliphatic carbocycles. The zero-order chi connectivity index (χ0) is 20.1. The fourth-order valence-electron chi connectivity index (χ4n) is 2.78. The van der Waals surface area contributed by atoms with E-state index in [2.05, 4.69) is 15.4 Å². The number of hydrogen-bond donors (Lipinski definition) is 1. The molecule has 0 aliphatic rings. The lowest BCUT2D eigenvalue weighted by Gasteiger charge is -2.12. The number of amides is 1. The second-order valence-electron chi connectivity index (χ2n) is 6.19. The molecule has 7 heteroatoms. The number of benzene rings is 2. The average molecular weight is 405 g/mol. The minimum atomic E-state index is -0.343. The number of aromatic nitrogens is 3. The SMILES string of the molecule is O=C(Nc1ccnn1Cc1ccccc1Cl)c1cccnc1Oc1ccccc1. The Morgan fingerprint density at radius 1 is 0.966 bits per heavy atom. The van der Waals surface area contributed by atoms with Crippen LogP contribution in [0.2, 0.25) is 5.02 Å². The van der Waals surface area contributed by atoms with Crippen molar-refractivity contribution >= 4 is 23.3 Å². The van der Waals surface area contributed by atoms with Crippen LogP contribution in [0.3, 0.4) is 0 Å². The van der Waals surface area contributed by atoms with Gasteiger partial charge in [-0.2, -0.15) is 5.10 Å². The van der Waals surface area contributed by atoms with Gasteiger partial charge in [0, 0.05) is 17.3 Å². The fourth-order valence-corrected chi connectivity index (χ4v) is 2.98. The second kappa shape index (κ2) is 8.58. The van der Waals surface area contributed by atoms with Crippen LogP contribution in [0.1, 0.15) is 15.9 Å². The van der Waals surface area contributed by atoms with Crippen LogP contribution in [0.15, 0.2) is 85.2 Å². The summed E-state index contributed by atoms with van der Waals surface area (Å²) in [5.41, 5.74) is 1.23. The highest BCUT2D eigenvalue weighted by atomic mass is 35.5. The number of carbonyl (C=O) groups is 1. The van der Waals surface area contributed by atoms with Gasteiger partial charge in [-0.15, -0.1) is 0 Å². The van der Waals surface area contributed by atoms with Gasteiger partial charge in [-0.1, -0.05) is 48.0 Å². The largest absolute Gasteiger partial charge is 0.438 e. The number of halogens is 1. The first-order valence-electron chi connectivity index (χ1n) is 8.95. The van der Waals surface area contributed by atoms with Crippen molar-refractivity contribution in [3.63, 3.8) is 0 Å². The monoisotopic (exact) mass is 404 g/mol. The molecule has 0 saturated heterocycles. The molecule has 6 nitrogen and oxygen atoms in total. The highest BCUT2D eigenvalue weighted by Gasteiger charge is 2.16. The molecule has 0 atom stereocenters. The molecule has 0 aliphatic heterocycles. The van der Waals surface area contributed by atoms with Crippen molar-refractivity contribution in [1.82, 2.24) is 14.8 Å². The maximum absolute atomic E-state index is 12.9. The molecule has 0 fully saturated rings. The molecule has 29 heavy (non-hydrogen) atoms. The summed E-state index contributed by atoms with van der Waals surface area (Å²) in [5, 5.41) is 7.80. The van der Waals surface area contributed by atoms with Crippen molar-refractivity contribution in [2.75, 3.05) is 5.32 Å². The fraction of sp³-hybridized carbons (Fsp3) is 0.0455. The number of rotatable bonds is 6.